The fourth-order valence-corrected chi connectivity index (χ4v) is 3.33. The van der Waals surface area contributed by atoms with Crippen molar-refractivity contribution in [2.24, 2.45) is 0 Å². The van der Waals surface area contributed by atoms with Gasteiger partial charge in [0.1, 0.15) is 5.69 Å². The number of amides is 1. The van der Waals surface area contributed by atoms with E-state index in [0.29, 0.717) is 10.7 Å². The highest BCUT2D eigenvalue weighted by Crippen LogP contribution is 2.32. The van der Waals surface area contributed by atoms with Gasteiger partial charge in [-0.05, 0) is 48.7 Å². The zero-order chi connectivity index (χ0) is 18.1. The summed E-state index contributed by atoms with van der Waals surface area (Å²) in [7, 11) is 0. The van der Waals surface area contributed by atoms with Gasteiger partial charge in [0.2, 0.25) is 0 Å². The summed E-state index contributed by atoms with van der Waals surface area (Å²) < 4.78 is 0. The average molecular weight is 365 g/mol. The summed E-state index contributed by atoms with van der Waals surface area (Å²) in [5.74, 6) is 0.450. The van der Waals surface area contributed by atoms with Crippen molar-refractivity contribution in [2.75, 3.05) is 16.8 Å². The van der Waals surface area contributed by atoms with Gasteiger partial charge in [-0.3, -0.25) is 4.79 Å². The van der Waals surface area contributed by atoms with Crippen LogP contribution in [0.15, 0.2) is 54.9 Å². The van der Waals surface area contributed by atoms with Gasteiger partial charge in [-0.15, -0.1) is 0 Å². The van der Waals surface area contributed by atoms with Crippen LogP contribution < -0.4 is 10.2 Å². The molecule has 5 nitrogen and oxygen atoms in total. The lowest BCUT2D eigenvalue weighted by molar-refractivity contribution is 0.102. The molecular formula is C20H17ClN4O. The zero-order valence-corrected chi connectivity index (χ0v) is 15.0. The minimum absolute atomic E-state index is 0.274. The summed E-state index contributed by atoms with van der Waals surface area (Å²) in [4.78, 5) is 23.3. The van der Waals surface area contributed by atoms with E-state index in [9.17, 15) is 4.79 Å². The molecule has 2 heterocycles. The van der Waals surface area contributed by atoms with Crippen LogP contribution >= 0.6 is 11.6 Å². The van der Waals surface area contributed by atoms with Gasteiger partial charge in [0.15, 0.2) is 5.82 Å². The molecule has 1 aromatic heterocycles. The number of anilines is 3. The van der Waals surface area contributed by atoms with Gasteiger partial charge in [-0.25, -0.2) is 9.97 Å². The summed E-state index contributed by atoms with van der Waals surface area (Å²) >= 11 is 5.95. The number of aryl methyl sites for hydroxylation is 1. The van der Waals surface area contributed by atoms with E-state index in [1.54, 1.807) is 24.4 Å². The third-order valence-corrected chi connectivity index (χ3v) is 4.71. The SMILES string of the molecule is Cc1cc(Cl)ccc1NC(=O)c1cnc(N2CCc3ccccc32)cn1. The Balaban J connectivity index is 1.52. The highest BCUT2D eigenvalue weighted by atomic mass is 35.5. The summed E-state index contributed by atoms with van der Waals surface area (Å²) in [6.45, 7) is 2.75. The van der Waals surface area contributed by atoms with Crippen LogP contribution in [0, 0.1) is 6.92 Å². The van der Waals surface area contributed by atoms with Crippen LogP contribution in [-0.4, -0.2) is 22.4 Å². The Morgan fingerprint density at radius 2 is 2.00 bits per heavy atom. The van der Waals surface area contributed by atoms with Crippen LogP contribution in [-0.2, 0) is 6.42 Å². The number of para-hydroxylation sites is 1. The Labute approximate surface area is 156 Å². The molecule has 1 aliphatic heterocycles. The normalized spacial score (nSPS) is 12.8. The van der Waals surface area contributed by atoms with Gasteiger partial charge < -0.3 is 10.2 Å². The average Bonchev–Trinajstić information content (AvgIpc) is 3.08. The predicted octanol–water partition coefficient (Wildman–Crippen LogP) is 4.38. The first-order valence-electron chi connectivity index (χ1n) is 8.37. The molecule has 0 unspecified atom stereocenters. The molecule has 0 spiro atoms. The number of aromatic nitrogens is 2. The van der Waals surface area contributed by atoms with Crippen molar-refractivity contribution < 1.29 is 4.79 Å². The smallest absolute Gasteiger partial charge is 0.275 e. The Hall–Kier alpha value is -2.92. The molecule has 1 N–H and O–H groups in total. The first-order chi connectivity index (χ1) is 12.6. The first kappa shape index (κ1) is 16.5. The lowest BCUT2D eigenvalue weighted by Gasteiger charge is -2.17. The number of carbonyl (C=O) groups excluding carboxylic acids is 1. The lowest BCUT2D eigenvalue weighted by atomic mass is 10.2. The molecule has 0 saturated heterocycles. The number of halogens is 1. The number of benzene rings is 2. The number of carbonyl (C=O) groups is 1. The molecule has 26 heavy (non-hydrogen) atoms. The van der Waals surface area contributed by atoms with Crippen molar-refractivity contribution in [1.82, 2.24) is 9.97 Å². The maximum atomic E-state index is 12.4. The van der Waals surface area contributed by atoms with Crippen molar-refractivity contribution >= 4 is 34.7 Å². The second-order valence-corrected chi connectivity index (χ2v) is 6.64. The third-order valence-electron chi connectivity index (χ3n) is 4.47. The molecule has 0 atom stereocenters. The molecule has 0 saturated carbocycles. The topological polar surface area (TPSA) is 58.1 Å². The van der Waals surface area contributed by atoms with Crippen molar-refractivity contribution in [3.8, 4) is 0 Å². The minimum Gasteiger partial charge on any atom is -0.325 e. The fourth-order valence-electron chi connectivity index (χ4n) is 3.11. The molecular weight excluding hydrogens is 348 g/mol. The van der Waals surface area contributed by atoms with Crippen molar-refractivity contribution in [3.05, 3.63) is 76.7 Å². The number of fused-ring (bicyclic) bond motifs is 1. The summed E-state index contributed by atoms with van der Waals surface area (Å²) in [5.41, 5.74) is 4.32. The third kappa shape index (κ3) is 3.13. The van der Waals surface area contributed by atoms with Gasteiger partial charge in [0.25, 0.3) is 5.91 Å². The standard InChI is InChI=1S/C20H17ClN4O/c1-13-10-15(21)6-7-16(13)24-20(26)17-11-23-19(12-22-17)25-9-8-14-4-2-3-5-18(14)25/h2-7,10-12H,8-9H2,1H3,(H,24,26). The van der Waals surface area contributed by atoms with Crippen LogP contribution in [0.2, 0.25) is 5.02 Å². The molecule has 0 fully saturated rings. The van der Waals surface area contributed by atoms with Gasteiger partial charge in [-0.1, -0.05) is 29.8 Å². The highest BCUT2D eigenvalue weighted by molar-refractivity contribution is 6.30. The number of rotatable bonds is 3. The van der Waals surface area contributed by atoms with Crippen molar-refractivity contribution in [1.29, 1.82) is 0 Å². The van der Waals surface area contributed by atoms with E-state index in [4.69, 9.17) is 11.6 Å². The summed E-state index contributed by atoms with van der Waals surface area (Å²) in [6.07, 6.45) is 4.14. The van der Waals surface area contributed by atoms with E-state index in [1.165, 1.54) is 11.8 Å². The second-order valence-electron chi connectivity index (χ2n) is 6.20. The Morgan fingerprint density at radius 1 is 1.15 bits per heavy atom. The Bertz CT molecular complexity index is 972. The van der Waals surface area contributed by atoms with Crippen LogP contribution in [0.4, 0.5) is 17.2 Å². The molecule has 0 bridgehead atoms. The minimum atomic E-state index is -0.295. The predicted molar refractivity (Wildman–Crippen MR) is 103 cm³/mol. The fraction of sp³-hybridized carbons (Fsp3) is 0.150. The molecule has 6 heteroatoms. The molecule has 0 aliphatic carbocycles. The second kappa shape index (κ2) is 6.77. The maximum absolute atomic E-state index is 12.4. The number of nitrogens with one attached hydrogen (secondary N) is 1. The molecule has 0 radical (unpaired) electrons. The molecule has 130 valence electrons. The zero-order valence-electron chi connectivity index (χ0n) is 14.2. The first-order valence-corrected chi connectivity index (χ1v) is 8.74. The van der Waals surface area contributed by atoms with Gasteiger partial charge in [-0.2, -0.15) is 0 Å². The lowest BCUT2D eigenvalue weighted by Crippen LogP contribution is -2.18. The van der Waals surface area contributed by atoms with Crippen LogP contribution in [0.3, 0.4) is 0 Å². The van der Waals surface area contributed by atoms with E-state index in [1.807, 2.05) is 19.1 Å². The van der Waals surface area contributed by atoms with Crippen molar-refractivity contribution in [2.45, 2.75) is 13.3 Å². The van der Waals surface area contributed by atoms with E-state index < -0.39 is 0 Å². The molecule has 4 rings (SSSR count). The van der Waals surface area contributed by atoms with E-state index in [-0.39, 0.29) is 11.6 Å². The molecule has 1 amide bonds. The Kier molecular flexibility index (Phi) is 4.31. The van der Waals surface area contributed by atoms with Gasteiger partial charge >= 0.3 is 0 Å². The maximum Gasteiger partial charge on any atom is 0.275 e. The van der Waals surface area contributed by atoms with Crippen LogP contribution in [0.1, 0.15) is 21.6 Å². The van der Waals surface area contributed by atoms with Gasteiger partial charge in [0, 0.05) is 22.9 Å². The van der Waals surface area contributed by atoms with E-state index in [2.05, 4.69) is 32.3 Å². The largest absolute Gasteiger partial charge is 0.325 e. The number of nitrogens with zero attached hydrogens (tertiary/aromatic N) is 3. The molecule has 3 aromatic rings. The van der Waals surface area contributed by atoms with E-state index >= 15 is 0 Å². The Morgan fingerprint density at radius 3 is 2.77 bits per heavy atom. The molecule has 2 aromatic carbocycles. The monoisotopic (exact) mass is 364 g/mol. The van der Waals surface area contributed by atoms with E-state index in [0.717, 1.165) is 30.0 Å². The van der Waals surface area contributed by atoms with Crippen LogP contribution in [0.5, 0.6) is 0 Å². The highest BCUT2D eigenvalue weighted by Gasteiger charge is 2.21. The quantitative estimate of drug-likeness (QED) is 0.749. The van der Waals surface area contributed by atoms with Gasteiger partial charge in [0.05, 0.1) is 12.4 Å². The van der Waals surface area contributed by atoms with Crippen molar-refractivity contribution in [3.63, 3.8) is 0 Å². The summed E-state index contributed by atoms with van der Waals surface area (Å²) in [6, 6.07) is 13.6. The summed E-state index contributed by atoms with van der Waals surface area (Å²) in [5, 5.41) is 3.48. The number of hydrogen-bond acceptors (Lipinski definition) is 4. The van der Waals surface area contributed by atoms with Crippen LogP contribution in [0.25, 0.3) is 0 Å². The number of hydrogen-bond donors (Lipinski definition) is 1. The molecule has 1 aliphatic rings.